The summed E-state index contributed by atoms with van der Waals surface area (Å²) in [6.45, 7) is 8.26. The van der Waals surface area contributed by atoms with Gasteiger partial charge in [-0.2, -0.15) is 0 Å². The Balaban J connectivity index is 2.08. The van der Waals surface area contributed by atoms with Gasteiger partial charge in [0.1, 0.15) is 17.6 Å². The molecule has 1 aromatic carbocycles. The zero-order valence-corrected chi connectivity index (χ0v) is 16.1. The fourth-order valence-electron chi connectivity index (χ4n) is 5.94. The predicted octanol–water partition coefficient (Wildman–Crippen LogP) is 3.91. The highest BCUT2D eigenvalue weighted by molar-refractivity contribution is 5.90. The van der Waals surface area contributed by atoms with Crippen LogP contribution in [-0.2, 0) is 19.7 Å². The smallest absolute Gasteiger partial charge is 0.317 e. The first-order valence-corrected chi connectivity index (χ1v) is 9.50. The number of rotatable bonds is 2. The summed E-state index contributed by atoms with van der Waals surface area (Å²) in [5.74, 6) is -0.621. The Morgan fingerprint density at radius 1 is 1.23 bits per heavy atom. The van der Waals surface area contributed by atoms with Crippen LogP contribution in [0, 0.1) is 11.3 Å². The summed E-state index contributed by atoms with van der Waals surface area (Å²) in [4.78, 5) is 13.1. The molecule has 1 unspecified atom stereocenters. The van der Waals surface area contributed by atoms with Crippen LogP contribution in [0.3, 0.4) is 0 Å². The maximum Gasteiger partial charge on any atom is 0.317 e. The number of ether oxygens (including phenoxy) is 2. The first kappa shape index (κ1) is 17.7. The highest BCUT2D eigenvalue weighted by Crippen LogP contribution is 2.67. The van der Waals surface area contributed by atoms with Crippen LogP contribution in [-0.4, -0.2) is 29.4 Å². The Labute approximate surface area is 154 Å². The molecule has 142 valence electrons. The molecule has 2 bridgehead atoms. The average molecular weight is 360 g/mol. The fourth-order valence-corrected chi connectivity index (χ4v) is 5.94. The average Bonchev–Trinajstić information content (AvgIpc) is 2.81. The molecule has 2 fully saturated rings. The molecule has 0 spiro atoms. The number of aromatic hydroxyl groups is 2. The van der Waals surface area contributed by atoms with Crippen molar-refractivity contribution >= 4 is 5.97 Å². The van der Waals surface area contributed by atoms with Gasteiger partial charge in [-0.3, -0.25) is 4.79 Å². The third-order valence-electron chi connectivity index (χ3n) is 6.96. The SMILES string of the molecule is CO[C@H]1c2cc(C(C)C)c(O)c(O)c2[C@@]23CCCC(C)(C)[C@@H]2C1OC3=O. The van der Waals surface area contributed by atoms with Crippen LogP contribution in [0.2, 0.25) is 0 Å². The molecule has 0 radical (unpaired) electrons. The standard InChI is InChI=1S/C21H28O5/c1-10(2)11-9-12-13(15(23)14(11)22)21-8-6-7-20(3,4)18(21)17(16(12)25-5)26-19(21)24/h9-10,16-18,22-23H,6-8H2,1-5H3/t16-,17?,18-,21-/m0/s1. The predicted molar refractivity (Wildman–Crippen MR) is 96.3 cm³/mol. The van der Waals surface area contributed by atoms with E-state index in [1.165, 1.54) is 0 Å². The number of hydrogen-bond donors (Lipinski definition) is 2. The zero-order chi connectivity index (χ0) is 19.0. The van der Waals surface area contributed by atoms with Crippen LogP contribution < -0.4 is 0 Å². The number of benzene rings is 1. The molecule has 4 rings (SSSR count). The van der Waals surface area contributed by atoms with Crippen molar-refractivity contribution in [1.82, 2.24) is 0 Å². The van der Waals surface area contributed by atoms with Gasteiger partial charge in [0.05, 0.1) is 0 Å². The third-order valence-corrected chi connectivity index (χ3v) is 6.96. The molecule has 0 aromatic heterocycles. The molecule has 2 N–H and O–H groups in total. The van der Waals surface area contributed by atoms with Gasteiger partial charge in [0.2, 0.25) is 0 Å². The van der Waals surface area contributed by atoms with Gasteiger partial charge >= 0.3 is 5.97 Å². The van der Waals surface area contributed by atoms with Crippen molar-refractivity contribution in [1.29, 1.82) is 0 Å². The number of methoxy groups -OCH3 is 1. The number of phenols is 2. The van der Waals surface area contributed by atoms with Crippen molar-refractivity contribution in [2.75, 3.05) is 7.11 Å². The summed E-state index contributed by atoms with van der Waals surface area (Å²) in [6, 6.07) is 1.90. The quantitative estimate of drug-likeness (QED) is 0.618. The normalized spacial score (nSPS) is 34.4. The van der Waals surface area contributed by atoms with E-state index in [9.17, 15) is 15.0 Å². The van der Waals surface area contributed by atoms with Gasteiger partial charge in [-0.05, 0) is 35.8 Å². The van der Waals surface area contributed by atoms with Crippen LogP contribution in [0.25, 0.3) is 0 Å². The van der Waals surface area contributed by atoms with Crippen LogP contribution in [0.1, 0.15) is 75.7 Å². The molecule has 3 aliphatic rings. The van der Waals surface area contributed by atoms with Crippen molar-refractivity contribution in [2.45, 2.75) is 70.5 Å². The molecule has 0 amide bonds. The maximum absolute atomic E-state index is 13.1. The topological polar surface area (TPSA) is 76.0 Å². The number of phenolic OH excluding ortho intramolecular Hbond substituents is 2. The van der Waals surface area contributed by atoms with Gasteiger partial charge in [-0.25, -0.2) is 0 Å². The first-order valence-electron chi connectivity index (χ1n) is 9.50. The van der Waals surface area contributed by atoms with Crippen LogP contribution in [0.5, 0.6) is 11.5 Å². The Kier molecular flexibility index (Phi) is 3.65. The number of esters is 1. The molecule has 5 heteroatoms. The highest BCUT2D eigenvalue weighted by Gasteiger charge is 2.70. The second kappa shape index (κ2) is 5.38. The third kappa shape index (κ3) is 1.92. The van der Waals surface area contributed by atoms with E-state index in [0.29, 0.717) is 17.5 Å². The summed E-state index contributed by atoms with van der Waals surface area (Å²) >= 11 is 0. The lowest BCUT2D eigenvalue weighted by Crippen LogP contribution is -2.54. The van der Waals surface area contributed by atoms with Crippen molar-refractivity contribution in [3.8, 4) is 11.5 Å². The molecular weight excluding hydrogens is 332 g/mol. The monoisotopic (exact) mass is 360 g/mol. The molecule has 1 aliphatic heterocycles. The number of fused-ring (bicyclic) bond motifs is 1. The minimum absolute atomic E-state index is 0.0380. The van der Waals surface area contributed by atoms with Crippen LogP contribution in [0.15, 0.2) is 6.07 Å². The molecule has 2 aliphatic carbocycles. The van der Waals surface area contributed by atoms with E-state index in [4.69, 9.17) is 9.47 Å². The number of carbonyl (C=O) groups excluding carboxylic acids is 1. The largest absolute Gasteiger partial charge is 0.504 e. The molecule has 1 saturated heterocycles. The van der Waals surface area contributed by atoms with Crippen LogP contribution >= 0.6 is 0 Å². The van der Waals surface area contributed by atoms with E-state index in [0.717, 1.165) is 18.4 Å². The van der Waals surface area contributed by atoms with Crippen molar-refractivity contribution in [3.05, 3.63) is 22.8 Å². The minimum Gasteiger partial charge on any atom is -0.504 e. The van der Waals surface area contributed by atoms with Crippen LogP contribution in [0.4, 0.5) is 0 Å². The molecule has 1 aromatic rings. The molecule has 5 nitrogen and oxygen atoms in total. The Bertz CT molecular complexity index is 781. The van der Waals surface area contributed by atoms with Gasteiger partial charge in [-0.1, -0.05) is 34.1 Å². The Hall–Kier alpha value is -1.75. The van der Waals surface area contributed by atoms with Gasteiger partial charge in [0.15, 0.2) is 11.5 Å². The fraction of sp³-hybridized carbons (Fsp3) is 0.667. The van der Waals surface area contributed by atoms with E-state index in [-0.39, 0.29) is 40.8 Å². The Morgan fingerprint density at radius 2 is 1.92 bits per heavy atom. The van der Waals surface area contributed by atoms with Gasteiger partial charge < -0.3 is 19.7 Å². The summed E-state index contributed by atoms with van der Waals surface area (Å²) in [6.07, 6.45) is 1.72. The van der Waals surface area contributed by atoms with E-state index in [2.05, 4.69) is 13.8 Å². The summed E-state index contributed by atoms with van der Waals surface area (Å²) < 4.78 is 11.7. The lowest BCUT2D eigenvalue weighted by Gasteiger charge is -2.52. The van der Waals surface area contributed by atoms with Crippen molar-refractivity contribution < 1.29 is 24.5 Å². The van der Waals surface area contributed by atoms with E-state index in [1.54, 1.807) is 7.11 Å². The van der Waals surface area contributed by atoms with Crippen molar-refractivity contribution in [3.63, 3.8) is 0 Å². The van der Waals surface area contributed by atoms with E-state index >= 15 is 0 Å². The number of carbonyl (C=O) groups is 1. The van der Waals surface area contributed by atoms with Gasteiger partial charge in [-0.15, -0.1) is 0 Å². The molecular formula is C21H28O5. The summed E-state index contributed by atoms with van der Waals surface area (Å²) in [7, 11) is 1.61. The Morgan fingerprint density at radius 3 is 2.54 bits per heavy atom. The first-order chi connectivity index (χ1) is 12.2. The zero-order valence-electron chi connectivity index (χ0n) is 16.1. The van der Waals surface area contributed by atoms with Crippen molar-refractivity contribution in [2.24, 2.45) is 11.3 Å². The lowest BCUT2D eigenvalue weighted by molar-refractivity contribution is -0.149. The molecule has 4 atom stereocenters. The molecule has 1 heterocycles. The van der Waals surface area contributed by atoms with E-state index < -0.39 is 11.5 Å². The van der Waals surface area contributed by atoms with Gasteiger partial charge in [0.25, 0.3) is 0 Å². The second-order valence-corrected chi connectivity index (χ2v) is 9.10. The molecule has 26 heavy (non-hydrogen) atoms. The van der Waals surface area contributed by atoms with E-state index in [1.807, 2.05) is 19.9 Å². The van der Waals surface area contributed by atoms with Gasteiger partial charge in [0, 0.05) is 24.2 Å². The number of hydrogen-bond acceptors (Lipinski definition) is 5. The molecule has 1 saturated carbocycles. The highest BCUT2D eigenvalue weighted by atomic mass is 16.6. The summed E-state index contributed by atoms with van der Waals surface area (Å²) in [5.41, 5.74) is 0.968. The maximum atomic E-state index is 13.1. The lowest BCUT2D eigenvalue weighted by atomic mass is 9.49. The summed E-state index contributed by atoms with van der Waals surface area (Å²) in [5, 5.41) is 21.7. The minimum atomic E-state index is -0.895. The second-order valence-electron chi connectivity index (χ2n) is 9.10.